The van der Waals surface area contributed by atoms with E-state index in [2.05, 4.69) is 17.6 Å². The Morgan fingerprint density at radius 1 is 1.32 bits per heavy atom. The Balaban J connectivity index is 1.82. The fourth-order valence-electron chi connectivity index (χ4n) is 3.44. The summed E-state index contributed by atoms with van der Waals surface area (Å²) < 4.78 is 5.09. The van der Waals surface area contributed by atoms with Crippen molar-refractivity contribution in [3.8, 4) is 0 Å². The molecule has 0 spiro atoms. The number of carbonyl (C=O) groups is 3. The number of carbonyl (C=O) groups excluding carboxylic acids is 3. The molecule has 2 heterocycles. The molecule has 2 aromatic heterocycles. The van der Waals surface area contributed by atoms with Gasteiger partial charge in [-0.05, 0) is 48.8 Å². The van der Waals surface area contributed by atoms with Gasteiger partial charge in [-0.3, -0.25) is 14.4 Å². The van der Waals surface area contributed by atoms with Crippen LogP contribution in [0.3, 0.4) is 0 Å². The molecule has 150 valence electrons. The Kier molecular flexibility index (Phi) is 5.88. The van der Waals surface area contributed by atoms with Crippen molar-refractivity contribution >= 4 is 34.1 Å². The quantitative estimate of drug-likeness (QED) is 0.688. The maximum absolute atomic E-state index is 12.9. The minimum Gasteiger partial charge on any atom is -0.459 e. The van der Waals surface area contributed by atoms with Crippen LogP contribution in [0.4, 0.5) is 5.00 Å². The number of hydrogen-bond donors (Lipinski definition) is 3. The number of nitrogens with one attached hydrogen (secondary N) is 2. The molecule has 1 aliphatic carbocycles. The number of primary amides is 1. The van der Waals surface area contributed by atoms with Gasteiger partial charge < -0.3 is 20.8 Å². The van der Waals surface area contributed by atoms with Crippen molar-refractivity contribution in [1.29, 1.82) is 0 Å². The van der Waals surface area contributed by atoms with Crippen molar-refractivity contribution in [2.24, 2.45) is 17.6 Å². The highest BCUT2D eigenvalue weighted by molar-refractivity contribution is 7.17. The van der Waals surface area contributed by atoms with E-state index in [0.717, 1.165) is 29.7 Å². The molecular weight excluding hydrogens is 378 g/mol. The van der Waals surface area contributed by atoms with Crippen LogP contribution in [-0.2, 0) is 17.6 Å². The van der Waals surface area contributed by atoms with Gasteiger partial charge in [0, 0.05) is 4.88 Å². The fraction of sp³-hybridized carbons (Fsp3) is 0.450. The Morgan fingerprint density at radius 2 is 2.07 bits per heavy atom. The summed E-state index contributed by atoms with van der Waals surface area (Å²) in [5.41, 5.74) is 6.96. The zero-order chi connectivity index (χ0) is 20.4. The molecule has 7 nitrogen and oxygen atoms in total. The SMILES string of the molecule is CC(C)[C@H](NC(=O)c1ccco1)C(=O)Nc1sc2c(c1C(N)=O)CC[C@H](C)C2. The summed E-state index contributed by atoms with van der Waals surface area (Å²) in [5.74, 6) is -0.880. The summed E-state index contributed by atoms with van der Waals surface area (Å²) >= 11 is 1.40. The maximum Gasteiger partial charge on any atom is 0.287 e. The van der Waals surface area contributed by atoms with Crippen molar-refractivity contribution in [1.82, 2.24) is 5.32 Å². The molecule has 2 atom stereocenters. The van der Waals surface area contributed by atoms with E-state index in [1.165, 1.54) is 23.7 Å². The van der Waals surface area contributed by atoms with Crippen LogP contribution in [0, 0.1) is 11.8 Å². The molecule has 0 radical (unpaired) electrons. The summed E-state index contributed by atoms with van der Waals surface area (Å²) in [7, 11) is 0. The first kappa shape index (κ1) is 20.1. The van der Waals surface area contributed by atoms with E-state index in [1.807, 2.05) is 13.8 Å². The second-order valence-electron chi connectivity index (χ2n) is 7.58. The average molecular weight is 404 g/mol. The Hall–Kier alpha value is -2.61. The van der Waals surface area contributed by atoms with Gasteiger partial charge >= 0.3 is 0 Å². The van der Waals surface area contributed by atoms with Crippen molar-refractivity contribution in [2.45, 2.75) is 46.1 Å². The molecule has 0 saturated carbocycles. The van der Waals surface area contributed by atoms with Gasteiger partial charge in [-0.15, -0.1) is 11.3 Å². The number of anilines is 1. The summed E-state index contributed by atoms with van der Waals surface area (Å²) in [4.78, 5) is 38.4. The maximum atomic E-state index is 12.9. The van der Waals surface area contributed by atoms with Gasteiger partial charge in [-0.2, -0.15) is 0 Å². The van der Waals surface area contributed by atoms with Gasteiger partial charge in [0.1, 0.15) is 11.0 Å². The van der Waals surface area contributed by atoms with Gasteiger partial charge in [-0.1, -0.05) is 20.8 Å². The Labute approximate surface area is 167 Å². The number of rotatable bonds is 6. The molecule has 0 saturated heterocycles. The van der Waals surface area contributed by atoms with E-state index in [1.54, 1.807) is 6.07 Å². The predicted molar refractivity (Wildman–Crippen MR) is 107 cm³/mol. The molecule has 0 aliphatic heterocycles. The number of hydrogen-bond acceptors (Lipinski definition) is 5. The van der Waals surface area contributed by atoms with Gasteiger partial charge in [0.25, 0.3) is 11.8 Å². The van der Waals surface area contributed by atoms with Crippen LogP contribution in [0.5, 0.6) is 0 Å². The summed E-state index contributed by atoms with van der Waals surface area (Å²) in [6.45, 7) is 5.84. The Morgan fingerprint density at radius 3 is 2.68 bits per heavy atom. The van der Waals surface area contributed by atoms with E-state index < -0.39 is 17.9 Å². The zero-order valence-electron chi connectivity index (χ0n) is 16.2. The van der Waals surface area contributed by atoms with Crippen molar-refractivity contribution in [3.05, 3.63) is 40.2 Å². The first-order chi connectivity index (χ1) is 13.3. The fourth-order valence-corrected chi connectivity index (χ4v) is 4.86. The molecule has 0 fully saturated rings. The monoisotopic (exact) mass is 403 g/mol. The lowest BCUT2D eigenvalue weighted by Gasteiger charge is -2.21. The molecule has 8 heteroatoms. The highest BCUT2D eigenvalue weighted by Crippen LogP contribution is 2.39. The second kappa shape index (κ2) is 8.18. The smallest absolute Gasteiger partial charge is 0.287 e. The second-order valence-corrected chi connectivity index (χ2v) is 8.69. The number of thiophene rings is 1. The van der Waals surface area contributed by atoms with E-state index in [-0.39, 0.29) is 17.6 Å². The average Bonchev–Trinajstić information content (AvgIpc) is 3.26. The normalized spacial score (nSPS) is 17.1. The third kappa shape index (κ3) is 4.11. The molecule has 28 heavy (non-hydrogen) atoms. The van der Waals surface area contributed by atoms with Crippen LogP contribution in [-0.4, -0.2) is 23.8 Å². The van der Waals surface area contributed by atoms with Crippen molar-refractivity contribution < 1.29 is 18.8 Å². The highest BCUT2D eigenvalue weighted by Gasteiger charge is 2.30. The molecule has 2 aromatic rings. The van der Waals surface area contributed by atoms with E-state index >= 15 is 0 Å². The van der Waals surface area contributed by atoms with Gasteiger partial charge in [0.15, 0.2) is 5.76 Å². The Bertz CT molecular complexity index is 886. The van der Waals surface area contributed by atoms with Crippen LogP contribution >= 0.6 is 11.3 Å². The van der Waals surface area contributed by atoms with Crippen LogP contribution in [0.2, 0.25) is 0 Å². The first-order valence-corrected chi connectivity index (χ1v) is 10.2. The molecule has 1 aliphatic rings. The van der Waals surface area contributed by atoms with Crippen LogP contribution in [0.1, 0.15) is 58.5 Å². The van der Waals surface area contributed by atoms with Crippen LogP contribution in [0.15, 0.2) is 22.8 Å². The first-order valence-electron chi connectivity index (χ1n) is 9.37. The third-order valence-electron chi connectivity index (χ3n) is 4.98. The molecule has 4 N–H and O–H groups in total. The third-order valence-corrected chi connectivity index (χ3v) is 6.15. The summed E-state index contributed by atoms with van der Waals surface area (Å²) in [5, 5.41) is 6.00. The minimum atomic E-state index is -0.781. The van der Waals surface area contributed by atoms with Crippen LogP contribution in [0.25, 0.3) is 0 Å². The summed E-state index contributed by atoms with van der Waals surface area (Å²) in [6, 6.07) is 2.36. The van der Waals surface area contributed by atoms with E-state index in [4.69, 9.17) is 10.2 Å². The number of nitrogens with two attached hydrogens (primary N) is 1. The lowest BCUT2D eigenvalue weighted by molar-refractivity contribution is -0.118. The van der Waals surface area contributed by atoms with Gasteiger partial charge in [-0.25, -0.2) is 0 Å². The largest absolute Gasteiger partial charge is 0.459 e. The van der Waals surface area contributed by atoms with E-state index in [9.17, 15) is 14.4 Å². The van der Waals surface area contributed by atoms with E-state index in [0.29, 0.717) is 16.5 Å². The summed E-state index contributed by atoms with van der Waals surface area (Å²) in [6.07, 6.45) is 4.05. The highest BCUT2D eigenvalue weighted by atomic mass is 32.1. The number of fused-ring (bicyclic) bond motifs is 1. The molecule has 0 aromatic carbocycles. The molecule has 3 rings (SSSR count). The van der Waals surface area contributed by atoms with Gasteiger partial charge in [0.05, 0.1) is 11.8 Å². The minimum absolute atomic E-state index is 0.136. The predicted octanol–water partition coefficient (Wildman–Crippen LogP) is 2.96. The van der Waals surface area contributed by atoms with Crippen LogP contribution < -0.4 is 16.4 Å². The lowest BCUT2D eigenvalue weighted by atomic mass is 9.88. The molecule has 3 amide bonds. The lowest BCUT2D eigenvalue weighted by Crippen LogP contribution is -2.47. The standard InChI is InChI=1S/C20H25N3O4S/c1-10(2)16(22-18(25)13-5-4-8-27-13)19(26)23-20-15(17(21)24)12-7-6-11(3)9-14(12)28-20/h4-5,8,10-11,16H,6-7,9H2,1-3H3,(H2,21,24)(H,22,25)(H,23,26)/t11-,16-/m0/s1. The topological polar surface area (TPSA) is 114 Å². The van der Waals surface area contributed by atoms with Crippen molar-refractivity contribution in [2.75, 3.05) is 5.32 Å². The molecule has 0 unspecified atom stereocenters. The van der Waals surface area contributed by atoms with Crippen molar-refractivity contribution in [3.63, 3.8) is 0 Å². The number of amides is 3. The molecular formula is C20H25N3O4S. The molecule has 0 bridgehead atoms. The zero-order valence-corrected chi connectivity index (χ0v) is 17.0. The number of furan rings is 1. The van der Waals surface area contributed by atoms with Gasteiger partial charge in [0.2, 0.25) is 5.91 Å².